The Morgan fingerprint density at radius 2 is 2.00 bits per heavy atom. The lowest BCUT2D eigenvalue weighted by molar-refractivity contribution is 0.465. The molecule has 0 aliphatic heterocycles. The molecule has 3 aromatic rings. The van der Waals surface area contributed by atoms with Crippen molar-refractivity contribution in [1.29, 1.82) is 0 Å². The van der Waals surface area contributed by atoms with E-state index in [9.17, 15) is 0 Å². The molecule has 0 fully saturated rings. The van der Waals surface area contributed by atoms with Gasteiger partial charge in [-0.15, -0.1) is 10.2 Å². The third-order valence-electron chi connectivity index (χ3n) is 2.66. The normalized spacial score (nSPS) is 10.8. The summed E-state index contributed by atoms with van der Waals surface area (Å²) < 4.78 is 5.59. The summed E-state index contributed by atoms with van der Waals surface area (Å²) in [5.41, 5.74) is 1.84. The number of aromatic nitrogens is 3. The number of hydrogen-bond acceptors (Lipinski definition) is 5. The van der Waals surface area contributed by atoms with E-state index in [4.69, 9.17) is 27.6 Å². The zero-order valence-corrected chi connectivity index (χ0v) is 13.0. The first-order valence-electron chi connectivity index (χ1n) is 6.03. The van der Waals surface area contributed by atoms with E-state index in [1.54, 1.807) is 18.5 Å². The van der Waals surface area contributed by atoms with Gasteiger partial charge in [0.2, 0.25) is 5.89 Å². The molecular formula is C14H9Cl2N3OS. The minimum atomic E-state index is 0.458. The highest BCUT2D eigenvalue weighted by molar-refractivity contribution is 7.98. The summed E-state index contributed by atoms with van der Waals surface area (Å²) in [6.45, 7) is 0. The van der Waals surface area contributed by atoms with Gasteiger partial charge < -0.3 is 4.42 Å². The average molecular weight is 338 g/mol. The Hall–Kier alpha value is -1.56. The first kappa shape index (κ1) is 14.4. The predicted octanol–water partition coefficient (Wildman–Crippen LogP) is 4.73. The molecule has 0 radical (unpaired) electrons. The SMILES string of the molecule is Clc1ccc(CSc2nnc(-c3cccnc3)o2)cc1Cl. The Labute approximate surface area is 135 Å². The molecule has 106 valence electrons. The van der Waals surface area contributed by atoms with E-state index in [1.807, 2.05) is 24.3 Å². The van der Waals surface area contributed by atoms with Crippen LogP contribution >= 0.6 is 35.0 Å². The first-order chi connectivity index (χ1) is 10.2. The maximum absolute atomic E-state index is 5.98. The van der Waals surface area contributed by atoms with Crippen LogP contribution in [0.25, 0.3) is 11.5 Å². The monoisotopic (exact) mass is 337 g/mol. The molecule has 7 heteroatoms. The number of thioether (sulfide) groups is 1. The van der Waals surface area contributed by atoms with E-state index in [0.717, 1.165) is 11.1 Å². The van der Waals surface area contributed by atoms with Crippen LogP contribution < -0.4 is 0 Å². The quantitative estimate of drug-likeness (QED) is 0.644. The molecule has 0 aliphatic rings. The van der Waals surface area contributed by atoms with Gasteiger partial charge in [0.15, 0.2) is 0 Å². The van der Waals surface area contributed by atoms with Crippen LogP contribution in [-0.4, -0.2) is 15.2 Å². The maximum atomic E-state index is 5.98. The molecule has 0 N–H and O–H groups in total. The van der Waals surface area contributed by atoms with E-state index in [0.29, 0.717) is 26.9 Å². The Morgan fingerprint density at radius 1 is 1.10 bits per heavy atom. The van der Waals surface area contributed by atoms with Crippen molar-refractivity contribution in [3.05, 3.63) is 58.3 Å². The standard InChI is InChI=1S/C14H9Cl2N3OS/c15-11-4-3-9(6-12(11)16)8-21-14-19-18-13(20-14)10-2-1-5-17-7-10/h1-7H,8H2. The van der Waals surface area contributed by atoms with E-state index in [2.05, 4.69) is 15.2 Å². The Balaban J connectivity index is 1.69. The Bertz CT molecular complexity index is 749. The molecule has 0 saturated carbocycles. The summed E-state index contributed by atoms with van der Waals surface area (Å²) in [6, 6.07) is 9.21. The van der Waals surface area contributed by atoms with Crippen molar-refractivity contribution in [1.82, 2.24) is 15.2 Å². The molecule has 0 unspecified atom stereocenters. The average Bonchev–Trinajstić information content (AvgIpc) is 2.98. The second kappa shape index (κ2) is 6.47. The van der Waals surface area contributed by atoms with Gasteiger partial charge in [-0.1, -0.05) is 41.0 Å². The molecule has 0 amide bonds. The number of halogens is 2. The number of rotatable bonds is 4. The predicted molar refractivity (Wildman–Crippen MR) is 83.6 cm³/mol. The van der Waals surface area contributed by atoms with Crippen LogP contribution in [0.2, 0.25) is 10.0 Å². The highest BCUT2D eigenvalue weighted by Gasteiger charge is 2.09. The van der Waals surface area contributed by atoms with Crippen molar-refractivity contribution in [3.8, 4) is 11.5 Å². The highest BCUT2D eigenvalue weighted by Crippen LogP contribution is 2.28. The number of nitrogens with zero attached hydrogens (tertiary/aromatic N) is 3. The summed E-state index contributed by atoms with van der Waals surface area (Å²) in [4.78, 5) is 4.02. The van der Waals surface area contributed by atoms with Crippen LogP contribution in [0.4, 0.5) is 0 Å². The molecule has 0 saturated heterocycles. The molecule has 2 aromatic heterocycles. The lowest BCUT2D eigenvalue weighted by Gasteiger charge is -2.00. The summed E-state index contributed by atoms with van der Waals surface area (Å²) in [7, 11) is 0. The minimum absolute atomic E-state index is 0.458. The van der Waals surface area contributed by atoms with Crippen molar-refractivity contribution in [2.75, 3.05) is 0 Å². The molecule has 2 heterocycles. The van der Waals surface area contributed by atoms with Gasteiger partial charge in [0, 0.05) is 18.1 Å². The highest BCUT2D eigenvalue weighted by atomic mass is 35.5. The number of hydrogen-bond donors (Lipinski definition) is 0. The lowest BCUT2D eigenvalue weighted by atomic mass is 10.2. The molecule has 0 atom stereocenters. The van der Waals surface area contributed by atoms with E-state index in [-0.39, 0.29) is 0 Å². The van der Waals surface area contributed by atoms with Gasteiger partial charge in [-0.25, -0.2) is 0 Å². The van der Waals surface area contributed by atoms with E-state index >= 15 is 0 Å². The summed E-state index contributed by atoms with van der Waals surface area (Å²) >= 11 is 13.3. The van der Waals surface area contributed by atoms with Crippen molar-refractivity contribution >= 4 is 35.0 Å². The fourth-order valence-electron chi connectivity index (χ4n) is 1.65. The van der Waals surface area contributed by atoms with Gasteiger partial charge in [-0.05, 0) is 29.8 Å². The van der Waals surface area contributed by atoms with Crippen LogP contribution in [0, 0.1) is 0 Å². The van der Waals surface area contributed by atoms with Crippen molar-refractivity contribution < 1.29 is 4.42 Å². The van der Waals surface area contributed by atoms with Gasteiger partial charge in [-0.2, -0.15) is 0 Å². The van der Waals surface area contributed by atoms with Crippen LogP contribution in [-0.2, 0) is 5.75 Å². The Morgan fingerprint density at radius 3 is 2.76 bits per heavy atom. The fourth-order valence-corrected chi connectivity index (χ4v) is 2.68. The zero-order chi connectivity index (χ0) is 14.7. The third-order valence-corrected chi connectivity index (χ3v) is 4.29. The van der Waals surface area contributed by atoms with E-state index in [1.165, 1.54) is 11.8 Å². The maximum Gasteiger partial charge on any atom is 0.277 e. The molecular weight excluding hydrogens is 329 g/mol. The van der Waals surface area contributed by atoms with E-state index < -0.39 is 0 Å². The largest absolute Gasteiger partial charge is 0.411 e. The second-order valence-electron chi connectivity index (χ2n) is 4.15. The van der Waals surface area contributed by atoms with Gasteiger partial charge >= 0.3 is 0 Å². The molecule has 0 bridgehead atoms. The molecule has 0 aliphatic carbocycles. The van der Waals surface area contributed by atoms with Crippen LogP contribution in [0.5, 0.6) is 0 Å². The Kier molecular flexibility index (Phi) is 4.43. The molecule has 21 heavy (non-hydrogen) atoms. The first-order valence-corrected chi connectivity index (χ1v) is 7.77. The molecule has 0 spiro atoms. The van der Waals surface area contributed by atoms with Crippen molar-refractivity contribution in [2.24, 2.45) is 0 Å². The zero-order valence-electron chi connectivity index (χ0n) is 10.7. The summed E-state index contributed by atoms with van der Waals surface area (Å²) in [5, 5.41) is 9.59. The lowest BCUT2D eigenvalue weighted by Crippen LogP contribution is -1.81. The molecule has 4 nitrogen and oxygen atoms in total. The molecule has 3 rings (SSSR count). The van der Waals surface area contributed by atoms with Gasteiger partial charge in [-0.3, -0.25) is 4.98 Å². The fraction of sp³-hybridized carbons (Fsp3) is 0.0714. The minimum Gasteiger partial charge on any atom is -0.411 e. The summed E-state index contributed by atoms with van der Waals surface area (Å²) in [5.74, 6) is 1.13. The van der Waals surface area contributed by atoms with Gasteiger partial charge in [0.25, 0.3) is 5.22 Å². The van der Waals surface area contributed by atoms with Crippen molar-refractivity contribution in [2.45, 2.75) is 11.0 Å². The van der Waals surface area contributed by atoms with Crippen LogP contribution in [0.1, 0.15) is 5.56 Å². The van der Waals surface area contributed by atoms with Gasteiger partial charge in [0.1, 0.15) is 0 Å². The van der Waals surface area contributed by atoms with Crippen molar-refractivity contribution in [3.63, 3.8) is 0 Å². The number of pyridine rings is 1. The van der Waals surface area contributed by atoms with Crippen LogP contribution in [0.15, 0.2) is 52.4 Å². The smallest absolute Gasteiger partial charge is 0.277 e. The summed E-state index contributed by atoms with van der Waals surface area (Å²) in [6.07, 6.45) is 3.38. The van der Waals surface area contributed by atoms with Gasteiger partial charge in [0.05, 0.1) is 15.6 Å². The third kappa shape index (κ3) is 3.56. The topological polar surface area (TPSA) is 51.8 Å². The van der Waals surface area contributed by atoms with Crippen LogP contribution in [0.3, 0.4) is 0 Å². The molecule has 1 aromatic carbocycles. The number of benzene rings is 1. The second-order valence-corrected chi connectivity index (χ2v) is 5.89.